The number of benzene rings is 3. The molecule has 0 radical (unpaired) electrons. The van der Waals surface area contributed by atoms with Crippen LogP contribution in [0.25, 0.3) is 22.6 Å². The fraction of sp³-hybridized carbons (Fsp3) is 0.333. The second kappa shape index (κ2) is 15.4. The Hall–Kier alpha value is -4.87. The summed E-state index contributed by atoms with van der Waals surface area (Å²) in [5.74, 6) is 0.759. The van der Waals surface area contributed by atoms with Gasteiger partial charge in [0, 0.05) is 36.0 Å². The molecule has 3 heterocycles. The van der Waals surface area contributed by atoms with Gasteiger partial charge in [-0.3, -0.25) is 4.79 Å². The van der Waals surface area contributed by atoms with Crippen molar-refractivity contribution in [2.45, 2.75) is 84.2 Å². The first-order valence-corrected chi connectivity index (χ1v) is 17.1. The molecule has 0 bridgehead atoms. The molecule has 1 fully saturated rings. The molecule has 6 rings (SSSR count). The van der Waals surface area contributed by atoms with Gasteiger partial charge in [-0.25, -0.2) is 19.3 Å². The molecule has 1 N–H and O–H groups in total. The van der Waals surface area contributed by atoms with Gasteiger partial charge in [0.05, 0.1) is 29.6 Å². The fourth-order valence-electron chi connectivity index (χ4n) is 6.12. The molecular weight excluding hydrogens is 632 g/mol. The molecule has 0 spiro atoms. The molecule has 50 heavy (non-hydrogen) atoms. The van der Waals surface area contributed by atoms with Crippen LogP contribution in [0.5, 0.6) is 0 Å². The van der Waals surface area contributed by atoms with E-state index in [0.717, 1.165) is 28.2 Å². The predicted molar refractivity (Wildman–Crippen MR) is 194 cm³/mol. The molecule has 258 valence electrons. The zero-order valence-corrected chi connectivity index (χ0v) is 29.2. The quantitative estimate of drug-likeness (QED) is 0.112. The van der Waals surface area contributed by atoms with Crippen LogP contribution in [0.15, 0.2) is 97.2 Å². The number of nitrogens with zero attached hydrogens (tertiary/aromatic N) is 4. The molecule has 2 atom stereocenters. The van der Waals surface area contributed by atoms with Crippen molar-refractivity contribution < 1.29 is 23.2 Å². The van der Waals surface area contributed by atoms with E-state index in [-0.39, 0.29) is 36.3 Å². The second-order valence-electron chi connectivity index (χ2n) is 13.8. The number of imidazole rings is 1. The smallest absolute Gasteiger partial charge is 0.460 e. The highest BCUT2D eigenvalue weighted by Gasteiger charge is 2.37. The van der Waals surface area contributed by atoms with Gasteiger partial charge in [-0.2, -0.15) is 0 Å². The molecule has 3 aromatic carbocycles. The number of esters is 1. The van der Waals surface area contributed by atoms with Crippen LogP contribution in [0.2, 0.25) is 0 Å². The first kappa shape index (κ1) is 35.0. The maximum atomic E-state index is 14.1. The maximum absolute atomic E-state index is 14.1. The Kier molecular flexibility index (Phi) is 10.7. The summed E-state index contributed by atoms with van der Waals surface area (Å²) in [6.07, 6.45) is 2.37. The Bertz CT molecular complexity index is 1880. The molecule has 1 aliphatic rings. The minimum Gasteiger partial charge on any atom is -0.460 e. The molecule has 0 saturated carbocycles. The number of halogens is 1. The van der Waals surface area contributed by atoms with E-state index in [1.54, 1.807) is 18.3 Å². The van der Waals surface area contributed by atoms with Crippen LogP contribution in [-0.2, 0) is 25.4 Å². The fourth-order valence-corrected chi connectivity index (χ4v) is 6.12. The lowest BCUT2D eigenvalue weighted by atomic mass is 9.76. The summed E-state index contributed by atoms with van der Waals surface area (Å²) in [6.45, 7) is 10.3. The number of para-hydroxylation sites is 1. The molecule has 11 heteroatoms. The van der Waals surface area contributed by atoms with Crippen molar-refractivity contribution in [2.24, 2.45) is 0 Å². The lowest BCUT2D eigenvalue weighted by Crippen LogP contribution is -2.49. The summed E-state index contributed by atoms with van der Waals surface area (Å²) in [5.41, 5.74) is 4.12. The van der Waals surface area contributed by atoms with E-state index in [2.05, 4.69) is 28.7 Å². The van der Waals surface area contributed by atoms with Gasteiger partial charge in [0.2, 0.25) is 5.95 Å². The van der Waals surface area contributed by atoms with Gasteiger partial charge < -0.3 is 23.9 Å². The molecule has 9 nitrogen and oxygen atoms in total. The van der Waals surface area contributed by atoms with Crippen LogP contribution in [0, 0.1) is 5.82 Å². The highest BCUT2D eigenvalue weighted by molar-refractivity contribution is 6.61. The summed E-state index contributed by atoms with van der Waals surface area (Å²) in [5, 5.41) is 3.30. The third kappa shape index (κ3) is 8.83. The number of rotatable bonds is 11. The van der Waals surface area contributed by atoms with Crippen LogP contribution in [-0.4, -0.2) is 50.4 Å². The number of hydrogen-bond donors (Lipinski definition) is 1. The number of nitrogens with one attached hydrogen (secondary N) is 1. The summed E-state index contributed by atoms with van der Waals surface area (Å²) >= 11 is 0. The zero-order chi connectivity index (χ0) is 35.3. The van der Waals surface area contributed by atoms with Crippen LogP contribution < -0.4 is 10.8 Å². The molecule has 1 saturated heterocycles. The van der Waals surface area contributed by atoms with Crippen molar-refractivity contribution in [3.63, 3.8) is 0 Å². The Labute approximate surface area is 293 Å². The third-order valence-electron chi connectivity index (χ3n) is 8.28. The van der Waals surface area contributed by atoms with E-state index in [1.807, 2.05) is 87.5 Å². The molecule has 1 aliphatic heterocycles. The minimum atomic E-state index is -0.627. The maximum Gasteiger partial charge on any atom is 0.494 e. The number of ether oxygens (including phenoxy) is 1. The Morgan fingerprint density at radius 3 is 2.32 bits per heavy atom. The number of carbonyl (C=O) groups is 1. The summed E-state index contributed by atoms with van der Waals surface area (Å²) < 4.78 is 34.8. The lowest BCUT2D eigenvalue weighted by molar-refractivity contribution is -0.157. The van der Waals surface area contributed by atoms with Crippen LogP contribution in [0.4, 0.5) is 16.0 Å². The van der Waals surface area contributed by atoms with Crippen molar-refractivity contribution in [1.29, 1.82) is 0 Å². The van der Waals surface area contributed by atoms with Crippen LogP contribution >= 0.6 is 0 Å². The van der Waals surface area contributed by atoms with Gasteiger partial charge >= 0.3 is 13.1 Å². The zero-order valence-electron chi connectivity index (χ0n) is 29.2. The van der Waals surface area contributed by atoms with E-state index in [1.165, 1.54) is 12.1 Å². The molecule has 0 amide bonds. The van der Waals surface area contributed by atoms with Gasteiger partial charge in [-0.1, -0.05) is 62.4 Å². The first-order valence-electron chi connectivity index (χ1n) is 17.1. The summed E-state index contributed by atoms with van der Waals surface area (Å²) in [7, 11) is -0.627. The molecule has 0 aliphatic carbocycles. The number of carbonyl (C=O) groups excluding carboxylic acids is 1. The SMILES string of the molecule is CC(C)c1nc(-c2ccc(F)cc2)c(-c2ccnc(Nc3ccccc3)n2)n1CC[C@@H]1C[C@H](CC(=O)OC(C)(C)C)OB(c2ccccc2)O1. The molecule has 0 unspecified atom stereocenters. The molecule has 5 aromatic rings. The van der Waals surface area contributed by atoms with E-state index in [0.29, 0.717) is 36.7 Å². The lowest BCUT2D eigenvalue weighted by Gasteiger charge is -2.35. The van der Waals surface area contributed by atoms with Crippen molar-refractivity contribution >= 4 is 30.2 Å². The van der Waals surface area contributed by atoms with Crippen LogP contribution in [0.1, 0.15) is 65.6 Å². The Morgan fingerprint density at radius 1 is 0.960 bits per heavy atom. The van der Waals surface area contributed by atoms with Crippen molar-refractivity contribution in [2.75, 3.05) is 5.32 Å². The monoisotopic (exact) mass is 675 g/mol. The number of hydrogen-bond acceptors (Lipinski definition) is 8. The van der Waals surface area contributed by atoms with Gasteiger partial charge in [0.15, 0.2) is 0 Å². The van der Waals surface area contributed by atoms with Crippen molar-refractivity contribution in [3.05, 3.63) is 109 Å². The van der Waals surface area contributed by atoms with Gasteiger partial charge in [0.25, 0.3) is 0 Å². The Morgan fingerprint density at radius 2 is 1.64 bits per heavy atom. The minimum absolute atomic E-state index is 0.0688. The number of anilines is 2. The number of aromatic nitrogens is 4. The third-order valence-corrected chi connectivity index (χ3v) is 8.28. The van der Waals surface area contributed by atoms with Gasteiger partial charge in [0.1, 0.15) is 17.2 Å². The normalized spacial score (nSPS) is 16.4. The standard InChI is InChI=1S/C39H43BFN5O4/c1-26(2)37-45-35(27-16-18-29(41)19-17-27)36(33-20-22-42-38(44-33)43-30-14-10-7-11-15-30)46(37)23-21-31-24-32(25-34(47)48-39(3,4)5)50-40(49-31)28-12-8-6-9-13-28/h6-20,22,26,31-32H,21,23-25H2,1-5H3,(H,42,43,44)/t31-,32-/m1/s1. The van der Waals surface area contributed by atoms with Gasteiger partial charge in [-0.15, -0.1) is 0 Å². The largest absolute Gasteiger partial charge is 0.494 e. The van der Waals surface area contributed by atoms with E-state index in [9.17, 15) is 9.18 Å². The Balaban J connectivity index is 1.34. The van der Waals surface area contributed by atoms with Crippen LogP contribution in [0.3, 0.4) is 0 Å². The van der Waals surface area contributed by atoms with Crippen molar-refractivity contribution in [3.8, 4) is 22.6 Å². The summed E-state index contributed by atoms with van der Waals surface area (Å²) in [6, 6.07) is 27.8. The summed E-state index contributed by atoms with van der Waals surface area (Å²) in [4.78, 5) is 27.4. The average Bonchev–Trinajstić information content (AvgIpc) is 3.48. The molecule has 2 aromatic heterocycles. The average molecular weight is 676 g/mol. The van der Waals surface area contributed by atoms with E-state index >= 15 is 0 Å². The molecular formula is C39H43BFN5O4. The first-order chi connectivity index (χ1) is 24.0. The van der Waals surface area contributed by atoms with Crippen molar-refractivity contribution in [1.82, 2.24) is 19.5 Å². The van der Waals surface area contributed by atoms with E-state index < -0.39 is 12.7 Å². The topological polar surface area (TPSA) is 100 Å². The highest BCUT2D eigenvalue weighted by Crippen LogP contribution is 2.36. The predicted octanol–water partition coefficient (Wildman–Crippen LogP) is 7.70. The second-order valence-corrected chi connectivity index (χ2v) is 13.8. The van der Waals surface area contributed by atoms with E-state index in [4.69, 9.17) is 24.0 Å². The highest BCUT2D eigenvalue weighted by atomic mass is 19.1. The van der Waals surface area contributed by atoms with Gasteiger partial charge in [-0.05, 0) is 81.5 Å².